The first kappa shape index (κ1) is 16.1. The Labute approximate surface area is 132 Å². The summed E-state index contributed by atoms with van der Waals surface area (Å²) in [7, 11) is 0. The summed E-state index contributed by atoms with van der Waals surface area (Å²) in [6.45, 7) is 4.41. The third-order valence-corrected chi connectivity index (χ3v) is 4.41. The van der Waals surface area contributed by atoms with Gasteiger partial charge in [0, 0.05) is 12.7 Å². The van der Waals surface area contributed by atoms with Gasteiger partial charge >= 0.3 is 0 Å². The van der Waals surface area contributed by atoms with E-state index in [0.717, 1.165) is 17.1 Å². The van der Waals surface area contributed by atoms with Gasteiger partial charge in [-0.25, -0.2) is 4.98 Å². The fourth-order valence-corrected chi connectivity index (χ4v) is 3.12. The summed E-state index contributed by atoms with van der Waals surface area (Å²) in [5.41, 5.74) is 1.24. The van der Waals surface area contributed by atoms with Crippen molar-refractivity contribution in [1.29, 1.82) is 0 Å². The van der Waals surface area contributed by atoms with Crippen LogP contribution in [0.3, 0.4) is 0 Å². The average Bonchev–Trinajstić information content (AvgIpc) is 2.48. The van der Waals surface area contributed by atoms with E-state index in [1.54, 1.807) is 12.3 Å². The van der Waals surface area contributed by atoms with E-state index in [0.29, 0.717) is 24.9 Å². The molecule has 1 aromatic heterocycles. The Morgan fingerprint density at radius 2 is 2.29 bits per heavy atom. The number of likely N-dealkylation sites (N-methyl/N-ethyl adjacent to an activating group) is 1. The van der Waals surface area contributed by atoms with Gasteiger partial charge in [-0.05, 0) is 24.4 Å². The van der Waals surface area contributed by atoms with Crippen LogP contribution < -0.4 is 0 Å². The van der Waals surface area contributed by atoms with Gasteiger partial charge in [0.2, 0.25) is 0 Å². The number of pyridine rings is 1. The highest BCUT2D eigenvalue weighted by atomic mass is 35.5. The Bertz CT molecular complexity index is 550. The Hall–Kier alpha value is -1.31. The number of hydrogen-bond acceptors (Lipinski definition) is 6. The van der Waals surface area contributed by atoms with Crippen LogP contribution in [0, 0.1) is 10.1 Å². The van der Waals surface area contributed by atoms with Crippen molar-refractivity contribution in [1.82, 2.24) is 14.8 Å². The van der Waals surface area contributed by atoms with Gasteiger partial charge in [0.25, 0.3) is 5.70 Å². The molecule has 0 amide bonds. The van der Waals surface area contributed by atoms with E-state index in [2.05, 4.69) is 4.98 Å². The molecule has 1 aromatic rings. The topological polar surface area (TPSA) is 62.5 Å². The lowest BCUT2D eigenvalue weighted by Crippen LogP contribution is -2.44. The van der Waals surface area contributed by atoms with Gasteiger partial charge in [-0.3, -0.25) is 15.0 Å². The van der Waals surface area contributed by atoms with Gasteiger partial charge in [0.1, 0.15) is 10.2 Å². The van der Waals surface area contributed by atoms with E-state index in [4.69, 9.17) is 11.6 Å². The molecule has 0 spiro atoms. The molecule has 6 nitrogen and oxygen atoms in total. The van der Waals surface area contributed by atoms with Crippen LogP contribution in [0.5, 0.6) is 0 Å². The average molecular weight is 329 g/mol. The molecule has 114 valence electrons. The minimum absolute atomic E-state index is 0.262. The summed E-state index contributed by atoms with van der Waals surface area (Å²) in [5.74, 6) is 0. The number of nitrogens with zero attached hydrogens (tertiary/aromatic N) is 4. The molecule has 1 aliphatic rings. The third-order valence-electron chi connectivity index (χ3n) is 3.30. The fourth-order valence-electron chi connectivity index (χ4n) is 2.25. The van der Waals surface area contributed by atoms with Crippen LogP contribution in [0.4, 0.5) is 0 Å². The second-order valence-electron chi connectivity index (χ2n) is 4.69. The lowest BCUT2D eigenvalue weighted by atomic mass is 10.2. The van der Waals surface area contributed by atoms with E-state index in [1.807, 2.05) is 29.0 Å². The van der Waals surface area contributed by atoms with Gasteiger partial charge in [0.15, 0.2) is 0 Å². The zero-order chi connectivity index (χ0) is 15.4. The van der Waals surface area contributed by atoms with E-state index in [1.165, 1.54) is 11.8 Å². The third kappa shape index (κ3) is 3.87. The molecule has 21 heavy (non-hydrogen) atoms. The number of rotatable bonds is 5. The first-order valence-electron chi connectivity index (χ1n) is 6.54. The van der Waals surface area contributed by atoms with E-state index < -0.39 is 0 Å². The largest absolute Gasteiger partial charge is 0.344 e. The molecule has 0 saturated carbocycles. The summed E-state index contributed by atoms with van der Waals surface area (Å²) in [5, 5.41) is 12.4. The van der Waals surface area contributed by atoms with Gasteiger partial charge in [-0.1, -0.05) is 24.6 Å². The maximum Gasteiger partial charge on any atom is 0.289 e. The van der Waals surface area contributed by atoms with Gasteiger partial charge in [0.05, 0.1) is 18.1 Å². The monoisotopic (exact) mass is 328 g/mol. The molecule has 2 rings (SSSR count). The van der Waals surface area contributed by atoms with Gasteiger partial charge < -0.3 is 4.90 Å². The molecule has 0 unspecified atom stereocenters. The molecule has 0 bridgehead atoms. The van der Waals surface area contributed by atoms with Crippen molar-refractivity contribution in [2.75, 3.05) is 26.0 Å². The molecule has 1 aliphatic heterocycles. The molecule has 8 heteroatoms. The molecule has 0 saturated heterocycles. The van der Waals surface area contributed by atoms with E-state index >= 15 is 0 Å². The summed E-state index contributed by atoms with van der Waals surface area (Å²) >= 11 is 7.20. The first-order valence-corrected chi connectivity index (χ1v) is 8.14. The van der Waals surface area contributed by atoms with Crippen molar-refractivity contribution in [3.05, 3.63) is 49.9 Å². The van der Waals surface area contributed by atoms with Crippen molar-refractivity contribution in [3.63, 3.8) is 0 Å². The summed E-state index contributed by atoms with van der Waals surface area (Å²) in [6, 6.07) is 3.62. The number of aromatic nitrogens is 1. The zero-order valence-electron chi connectivity index (χ0n) is 12.0. The predicted molar refractivity (Wildman–Crippen MR) is 84.4 cm³/mol. The van der Waals surface area contributed by atoms with Crippen molar-refractivity contribution in [2.24, 2.45) is 0 Å². The molecular formula is C13H17ClN4O2S. The van der Waals surface area contributed by atoms with Crippen LogP contribution in [-0.4, -0.2) is 45.7 Å². The zero-order valence-corrected chi connectivity index (χ0v) is 13.5. The fraction of sp³-hybridized carbons (Fsp3) is 0.462. The number of thioether (sulfide) groups is 1. The molecule has 2 heterocycles. The molecular weight excluding hydrogens is 312 g/mol. The minimum atomic E-state index is -0.277. The number of hydrogen-bond donors (Lipinski definition) is 0. The summed E-state index contributed by atoms with van der Waals surface area (Å²) < 4.78 is 0. The second kappa shape index (κ2) is 7.11. The Morgan fingerprint density at radius 3 is 2.81 bits per heavy atom. The SMILES string of the molecule is CCN1CC([N+](=O)[O-])=C(SC)N(Cc2ccc(Cl)nc2)C1. The molecule has 0 atom stereocenters. The standard InChI is InChI=1S/C13H17ClN4O2S/c1-3-16-8-11(18(19)20)13(21-2)17(9-16)7-10-4-5-12(14)15-6-10/h4-6H,3,7-9H2,1-2H3. The quantitative estimate of drug-likeness (QED) is 0.470. The smallest absolute Gasteiger partial charge is 0.289 e. The summed E-state index contributed by atoms with van der Waals surface area (Å²) in [6.07, 6.45) is 3.57. The van der Waals surface area contributed by atoms with Crippen molar-refractivity contribution >= 4 is 23.4 Å². The number of halogens is 1. The lowest BCUT2D eigenvalue weighted by Gasteiger charge is -2.35. The van der Waals surface area contributed by atoms with Crippen molar-refractivity contribution < 1.29 is 4.92 Å². The van der Waals surface area contributed by atoms with Crippen LogP contribution in [-0.2, 0) is 6.54 Å². The van der Waals surface area contributed by atoms with Crippen LogP contribution in [0.25, 0.3) is 0 Å². The summed E-state index contributed by atoms with van der Waals surface area (Å²) in [4.78, 5) is 19.1. The number of nitro groups is 1. The Balaban J connectivity index is 2.27. The molecule has 0 fully saturated rings. The highest BCUT2D eigenvalue weighted by Gasteiger charge is 2.31. The highest BCUT2D eigenvalue weighted by molar-refractivity contribution is 8.02. The molecule has 0 N–H and O–H groups in total. The lowest BCUT2D eigenvalue weighted by molar-refractivity contribution is -0.431. The maximum absolute atomic E-state index is 11.3. The van der Waals surface area contributed by atoms with Crippen LogP contribution in [0.2, 0.25) is 5.15 Å². The van der Waals surface area contributed by atoms with E-state index in [9.17, 15) is 10.1 Å². The van der Waals surface area contributed by atoms with Crippen molar-refractivity contribution in [3.8, 4) is 0 Å². The molecule has 0 radical (unpaired) electrons. The second-order valence-corrected chi connectivity index (χ2v) is 5.87. The maximum atomic E-state index is 11.3. The van der Waals surface area contributed by atoms with Crippen molar-refractivity contribution in [2.45, 2.75) is 13.5 Å². The van der Waals surface area contributed by atoms with Gasteiger partial charge in [-0.15, -0.1) is 11.8 Å². The normalized spacial score (nSPS) is 16.4. The Morgan fingerprint density at radius 1 is 1.52 bits per heavy atom. The molecule has 0 aromatic carbocycles. The van der Waals surface area contributed by atoms with E-state index in [-0.39, 0.29) is 10.6 Å². The van der Waals surface area contributed by atoms with Crippen LogP contribution in [0.1, 0.15) is 12.5 Å². The molecule has 0 aliphatic carbocycles. The predicted octanol–water partition coefficient (Wildman–Crippen LogP) is 2.64. The van der Waals surface area contributed by atoms with Crippen LogP contribution >= 0.6 is 23.4 Å². The Kier molecular flexibility index (Phi) is 5.44. The highest BCUT2D eigenvalue weighted by Crippen LogP contribution is 2.28. The minimum Gasteiger partial charge on any atom is -0.344 e. The van der Waals surface area contributed by atoms with Crippen LogP contribution in [0.15, 0.2) is 29.1 Å². The first-order chi connectivity index (χ1) is 10.0. The van der Waals surface area contributed by atoms with Gasteiger partial charge in [-0.2, -0.15) is 0 Å².